The van der Waals surface area contributed by atoms with Crippen molar-refractivity contribution in [1.29, 1.82) is 0 Å². The molecule has 2 aromatic heterocycles. The molecule has 0 radical (unpaired) electrons. The monoisotopic (exact) mass is 546 g/mol. The van der Waals surface area contributed by atoms with Gasteiger partial charge in [0.25, 0.3) is 0 Å². The Morgan fingerprint density at radius 2 is 1.31 bits per heavy atom. The van der Waals surface area contributed by atoms with Gasteiger partial charge in [-0.1, -0.05) is 0 Å². The topological polar surface area (TPSA) is 78.4 Å². The van der Waals surface area contributed by atoms with Crippen LogP contribution in [0.3, 0.4) is 0 Å². The summed E-state index contributed by atoms with van der Waals surface area (Å²) in [5.41, 5.74) is -5.79. The SMILES string of the molecule is CCOC(=O)Cl.CCOC(=O)c1c(F)cnc(C(F)(F)F)c1F.Fc1cnc(C(F)(F)F)c(F)c1. The van der Waals surface area contributed by atoms with Crippen molar-refractivity contribution in [3.63, 3.8) is 0 Å². The summed E-state index contributed by atoms with van der Waals surface area (Å²) in [5, 5.41) is 0. The van der Waals surface area contributed by atoms with E-state index >= 15 is 0 Å². The standard InChI is InChI=1S/C9H6F5NO2.C6H2F5N.C3H5ClO2/c1-2-17-8(16)5-4(10)3-15-7(6(5)11)9(12,13)14;7-3-1-4(8)5(12-2-3)6(9,10)11;1-2-6-3(4)5/h3H,2H2,1H3;1-2H;2H2,1H3. The van der Waals surface area contributed by atoms with Crippen molar-refractivity contribution < 1.29 is 63.0 Å². The van der Waals surface area contributed by atoms with Gasteiger partial charge < -0.3 is 9.47 Å². The molecule has 35 heavy (non-hydrogen) atoms. The van der Waals surface area contributed by atoms with Gasteiger partial charge in [-0.2, -0.15) is 26.3 Å². The third kappa shape index (κ3) is 10.7. The molecule has 0 unspecified atom stereocenters. The van der Waals surface area contributed by atoms with Crippen LogP contribution in [0.15, 0.2) is 18.5 Å². The minimum atomic E-state index is -5.11. The van der Waals surface area contributed by atoms with Gasteiger partial charge in [0.15, 0.2) is 28.8 Å². The van der Waals surface area contributed by atoms with E-state index in [9.17, 15) is 53.5 Å². The molecule has 0 spiro atoms. The van der Waals surface area contributed by atoms with Crippen LogP contribution in [0.5, 0.6) is 0 Å². The lowest BCUT2D eigenvalue weighted by Crippen LogP contribution is -2.18. The molecule has 0 aromatic carbocycles. The molecular formula is C18H13ClF10N2O4. The van der Waals surface area contributed by atoms with Crippen LogP contribution in [0.2, 0.25) is 0 Å². The number of rotatable bonds is 3. The molecule has 0 fully saturated rings. The van der Waals surface area contributed by atoms with Crippen molar-refractivity contribution in [1.82, 2.24) is 9.97 Å². The van der Waals surface area contributed by atoms with Crippen LogP contribution in [-0.4, -0.2) is 34.6 Å². The first-order valence-electron chi connectivity index (χ1n) is 8.76. The number of halogens is 11. The molecule has 0 amide bonds. The maximum absolute atomic E-state index is 13.3. The second kappa shape index (κ2) is 13.7. The Morgan fingerprint density at radius 1 is 0.829 bits per heavy atom. The first-order chi connectivity index (χ1) is 16.0. The van der Waals surface area contributed by atoms with Gasteiger partial charge in [-0.15, -0.1) is 0 Å². The Balaban J connectivity index is 0.000000557. The van der Waals surface area contributed by atoms with E-state index in [4.69, 9.17) is 11.6 Å². The number of carbonyl (C=O) groups excluding carboxylic acids is 2. The zero-order chi connectivity index (χ0) is 27.6. The number of carbonyl (C=O) groups is 2. The van der Waals surface area contributed by atoms with Crippen LogP contribution in [0.25, 0.3) is 0 Å². The number of nitrogens with zero attached hydrogens (tertiary/aromatic N) is 2. The molecule has 0 aliphatic heterocycles. The van der Waals surface area contributed by atoms with Gasteiger partial charge in [-0.3, -0.25) is 0 Å². The maximum atomic E-state index is 13.3. The summed E-state index contributed by atoms with van der Waals surface area (Å²) in [7, 11) is 0. The van der Waals surface area contributed by atoms with E-state index in [2.05, 4.69) is 19.4 Å². The van der Waals surface area contributed by atoms with Gasteiger partial charge in [0.1, 0.15) is 11.4 Å². The smallest absolute Gasteiger partial charge is 0.436 e. The van der Waals surface area contributed by atoms with E-state index < -0.39 is 64.0 Å². The van der Waals surface area contributed by atoms with Crippen LogP contribution in [0, 0.1) is 23.3 Å². The van der Waals surface area contributed by atoms with E-state index in [-0.39, 0.29) is 18.9 Å². The number of aromatic nitrogens is 2. The fourth-order valence-corrected chi connectivity index (χ4v) is 1.90. The van der Waals surface area contributed by atoms with Gasteiger partial charge in [0.2, 0.25) is 0 Å². The van der Waals surface area contributed by atoms with Crippen molar-refractivity contribution in [2.24, 2.45) is 0 Å². The second-order valence-corrected chi connectivity index (χ2v) is 5.82. The van der Waals surface area contributed by atoms with Gasteiger partial charge >= 0.3 is 23.8 Å². The number of hydrogen-bond acceptors (Lipinski definition) is 6. The highest BCUT2D eigenvalue weighted by molar-refractivity contribution is 6.61. The molecule has 0 bridgehead atoms. The molecule has 0 saturated carbocycles. The molecule has 0 aliphatic rings. The summed E-state index contributed by atoms with van der Waals surface area (Å²) in [6.45, 7) is 3.17. The Kier molecular flexibility index (Phi) is 12.4. The predicted octanol–water partition coefficient (Wildman–Crippen LogP) is 6.32. The van der Waals surface area contributed by atoms with Crippen LogP contribution in [0.4, 0.5) is 48.7 Å². The summed E-state index contributed by atoms with van der Waals surface area (Å²) in [4.78, 5) is 25.8. The minimum absolute atomic E-state index is 0.123. The van der Waals surface area contributed by atoms with E-state index in [0.717, 1.165) is 0 Å². The fourth-order valence-electron chi connectivity index (χ4n) is 1.79. The lowest BCUT2D eigenvalue weighted by Gasteiger charge is -2.10. The first kappa shape index (κ1) is 31.8. The Labute approximate surface area is 194 Å². The van der Waals surface area contributed by atoms with E-state index in [1.807, 2.05) is 0 Å². The van der Waals surface area contributed by atoms with Gasteiger partial charge in [0.05, 0.1) is 25.6 Å². The van der Waals surface area contributed by atoms with Crippen LogP contribution >= 0.6 is 11.6 Å². The molecule has 2 aromatic rings. The molecule has 17 heteroatoms. The molecule has 196 valence electrons. The Bertz CT molecular complexity index is 1020. The molecule has 6 nitrogen and oxygen atoms in total. The molecule has 0 N–H and O–H groups in total. The normalized spacial score (nSPS) is 10.9. The van der Waals surface area contributed by atoms with Crippen molar-refractivity contribution in [3.05, 3.63) is 58.7 Å². The van der Waals surface area contributed by atoms with Gasteiger partial charge in [-0.25, -0.2) is 37.1 Å². The lowest BCUT2D eigenvalue weighted by molar-refractivity contribution is -0.144. The number of hydrogen-bond donors (Lipinski definition) is 0. The molecule has 0 saturated heterocycles. The third-order valence-corrected chi connectivity index (χ3v) is 3.16. The molecule has 2 rings (SSSR count). The summed E-state index contributed by atoms with van der Waals surface area (Å²) < 4.78 is 131. The number of ether oxygens (including phenoxy) is 2. The fraction of sp³-hybridized carbons (Fsp3) is 0.333. The predicted molar refractivity (Wildman–Crippen MR) is 97.1 cm³/mol. The lowest BCUT2D eigenvalue weighted by atomic mass is 10.2. The zero-order valence-corrected chi connectivity index (χ0v) is 18.1. The Hall–Kier alpha value is -3.17. The summed E-state index contributed by atoms with van der Waals surface area (Å²) in [5.74, 6) is -7.93. The highest BCUT2D eigenvalue weighted by atomic mass is 35.5. The number of pyridine rings is 2. The summed E-state index contributed by atoms with van der Waals surface area (Å²) >= 11 is 4.72. The average Bonchev–Trinajstić information content (AvgIpc) is 2.67. The molecular weight excluding hydrogens is 534 g/mol. The van der Waals surface area contributed by atoms with Crippen molar-refractivity contribution >= 4 is 23.0 Å². The highest BCUT2D eigenvalue weighted by Crippen LogP contribution is 2.31. The summed E-state index contributed by atoms with van der Waals surface area (Å²) in [6, 6.07) is 0.135. The van der Waals surface area contributed by atoms with Crippen molar-refractivity contribution in [2.75, 3.05) is 13.2 Å². The van der Waals surface area contributed by atoms with Crippen LogP contribution in [0.1, 0.15) is 35.6 Å². The van der Waals surface area contributed by atoms with E-state index in [1.165, 1.54) is 6.92 Å². The molecule has 2 heterocycles. The van der Waals surface area contributed by atoms with Crippen molar-refractivity contribution in [2.45, 2.75) is 26.2 Å². The quantitative estimate of drug-likeness (QED) is 0.255. The summed E-state index contributed by atoms with van der Waals surface area (Å²) in [6.07, 6.45) is -9.55. The third-order valence-electron chi connectivity index (χ3n) is 3.06. The maximum Gasteiger partial charge on any atom is 0.436 e. The van der Waals surface area contributed by atoms with Crippen LogP contribution in [-0.2, 0) is 21.8 Å². The number of esters is 1. The van der Waals surface area contributed by atoms with Crippen LogP contribution < -0.4 is 0 Å². The average molecular weight is 547 g/mol. The minimum Gasteiger partial charge on any atom is -0.462 e. The van der Waals surface area contributed by atoms with Gasteiger partial charge in [0, 0.05) is 17.7 Å². The molecule has 0 atom stereocenters. The largest absolute Gasteiger partial charge is 0.462 e. The second-order valence-electron chi connectivity index (χ2n) is 5.51. The van der Waals surface area contributed by atoms with E-state index in [0.29, 0.717) is 12.8 Å². The molecule has 0 aliphatic carbocycles. The first-order valence-corrected chi connectivity index (χ1v) is 9.13. The number of alkyl halides is 6. The highest BCUT2D eigenvalue weighted by Gasteiger charge is 2.39. The zero-order valence-electron chi connectivity index (χ0n) is 17.3. The Morgan fingerprint density at radius 3 is 1.69 bits per heavy atom. The van der Waals surface area contributed by atoms with Crippen molar-refractivity contribution in [3.8, 4) is 0 Å². The van der Waals surface area contributed by atoms with Gasteiger partial charge in [-0.05, 0) is 13.8 Å². The van der Waals surface area contributed by atoms with E-state index in [1.54, 1.807) is 6.92 Å².